The highest BCUT2D eigenvalue weighted by molar-refractivity contribution is 5.38. The van der Waals surface area contributed by atoms with Gasteiger partial charge in [-0.15, -0.1) is 0 Å². The minimum Gasteiger partial charge on any atom is -0.494 e. The average Bonchev–Trinajstić information content (AvgIpc) is 2.71. The van der Waals surface area contributed by atoms with Gasteiger partial charge in [0.05, 0.1) is 12.3 Å². The molecule has 0 N–H and O–H groups in total. The van der Waals surface area contributed by atoms with E-state index in [9.17, 15) is 4.79 Å². The third-order valence-corrected chi connectivity index (χ3v) is 5.12. The van der Waals surface area contributed by atoms with E-state index in [0.717, 1.165) is 50.7 Å². The van der Waals surface area contributed by atoms with Crippen LogP contribution in [0.2, 0.25) is 0 Å². The third-order valence-electron chi connectivity index (χ3n) is 5.12. The summed E-state index contributed by atoms with van der Waals surface area (Å²) in [5.41, 5.74) is 2.84. The van der Waals surface area contributed by atoms with E-state index in [1.54, 1.807) is 16.7 Å². The van der Waals surface area contributed by atoms with E-state index in [2.05, 4.69) is 26.9 Å². The van der Waals surface area contributed by atoms with Crippen LogP contribution in [0.1, 0.15) is 18.2 Å². The van der Waals surface area contributed by atoms with Crippen molar-refractivity contribution in [2.45, 2.75) is 20.0 Å². The second-order valence-electron chi connectivity index (χ2n) is 7.14. The first-order valence-electron chi connectivity index (χ1n) is 9.85. The van der Waals surface area contributed by atoms with Gasteiger partial charge >= 0.3 is 0 Å². The van der Waals surface area contributed by atoms with Crippen LogP contribution in [-0.2, 0) is 13.1 Å². The first-order chi connectivity index (χ1) is 13.7. The maximum absolute atomic E-state index is 12.2. The summed E-state index contributed by atoms with van der Waals surface area (Å²) in [6.07, 6.45) is 1.76. The molecule has 0 saturated carbocycles. The molecule has 0 spiro atoms. The van der Waals surface area contributed by atoms with Gasteiger partial charge in [0.1, 0.15) is 11.4 Å². The highest BCUT2D eigenvalue weighted by atomic mass is 16.5. The smallest absolute Gasteiger partial charge is 0.258 e. The molecule has 2 aromatic heterocycles. The van der Waals surface area contributed by atoms with E-state index in [1.807, 2.05) is 37.3 Å². The lowest BCUT2D eigenvalue weighted by Crippen LogP contribution is -2.45. The van der Waals surface area contributed by atoms with Crippen molar-refractivity contribution >= 4 is 5.65 Å². The molecule has 1 aliphatic rings. The van der Waals surface area contributed by atoms with E-state index in [4.69, 9.17) is 4.74 Å². The third kappa shape index (κ3) is 4.40. The van der Waals surface area contributed by atoms with Crippen LogP contribution in [0, 0.1) is 0 Å². The second kappa shape index (κ2) is 8.54. The Balaban J connectivity index is 1.32. The predicted molar refractivity (Wildman–Crippen MR) is 110 cm³/mol. The first-order valence-corrected chi connectivity index (χ1v) is 9.85. The second-order valence-corrected chi connectivity index (χ2v) is 7.14. The van der Waals surface area contributed by atoms with Gasteiger partial charge in [-0.3, -0.25) is 19.0 Å². The molecule has 1 fully saturated rings. The maximum Gasteiger partial charge on any atom is 0.258 e. The lowest BCUT2D eigenvalue weighted by atomic mass is 10.2. The molecular weight excluding hydrogens is 352 g/mol. The largest absolute Gasteiger partial charge is 0.494 e. The van der Waals surface area contributed by atoms with Crippen LogP contribution < -0.4 is 10.3 Å². The van der Waals surface area contributed by atoms with Gasteiger partial charge in [-0.05, 0) is 36.8 Å². The monoisotopic (exact) mass is 378 g/mol. The minimum absolute atomic E-state index is 0.0188. The summed E-state index contributed by atoms with van der Waals surface area (Å²) in [6, 6.07) is 15.6. The summed E-state index contributed by atoms with van der Waals surface area (Å²) in [7, 11) is 0. The van der Waals surface area contributed by atoms with Crippen molar-refractivity contribution in [2.24, 2.45) is 0 Å². The standard InChI is InChI=1S/C22H26N4O2/c1-2-28-20-8-6-18(7-9-20)16-24-11-13-25(14-12-24)17-19-15-22(27)26-10-4-3-5-21(26)23-19/h3-10,15H,2,11-14,16-17H2,1H3. The Kier molecular flexibility index (Phi) is 5.69. The van der Waals surface area contributed by atoms with Crippen LogP contribution in [0.25, 0.3) is 5.65 Å². The highest BCUT2D eigenvalue weighted by Gasteiger charge is 2.18. The number of fused-ring (bicyclic) bond motifs is 1. The number of hydrogen-bond donors (Lipinski definition) is 0. The number of nitrogens with zero attached hydrogens (tertiary/aromatic N) is 4. The van der Waals surface area contributed by atoms with Gasteiger partial charge in [0.15, 0.2) is 0 Å². The van der Waals surface area contributed by atoms with Crippen molar-refractivity contribution in [3.63, 3.8) is 0 Å². The number of piperazine rings is 1. The van der Waals surface area contributed by atoms with Gasteiger partial charge in [0, 0.05) is 51.5 Å². The molecule has 0 amide bonds. The lowest BCUT2D eigenvalue weighted by molar-refractivity contribution is 0.121. The quantitative estimate of drug-likeness (QED) is 0.659. The van der Waals surface area contributed by atoms with Gasteiger partial charge < -0.3 is 4.74 Å². The van der Waals surface area contributed by atoms with Crippen LogP contribution in [0.5, 0.6) is 5.75 Å². The van der Waals surface area contributed by atoms with Crippen molar-refractivity contribution in [2.75, 3.05) is 32.8 Å². The molecule has 0 atom stereocenters. The Morgan fingerprint density at radius 3 is 2.39 bits per heavy atom. The fraction of sp³-hybridized carbons (Fsp3) is 0.364. The Morgan fingerprint density at radius 1 is 0.964 bits per heavy atom. The summed E-state index contributed by atoms with van der Waals surface area (Å²) < 4.78 is 7.09. The first kappa shape index (κ1) is 18.7. The predicted octanol–water partition coefficient (Wildman–Crippen LogP) is 2.41. The number of rotatable bonds is 6. The zero-order valence-corrected chi connectivity index (χ0v) is 16.3. The maximum atomic E-state index is 12.2. The Bertz CT molecular complexity index is 976. The number of ether oxygens (including phenoxy) is 1. The Morgan fingerprint density at radius 2 is 1.68 bits per heavy atom. The lowest BCUT2D eigenvalue weighted by Gasteiger charge is -2.34. The molecule has 1 aromatic carbocycles. The van der Waals surface area contributed by atoms with Gasteiger partial charge in [-0.2, -0.15) is 0 Å². The highest BCUT2D eigenvalue weighted by Crippen LogP contribution is 2.15. The number of benzene rings is 1. The van der Waals surface area contributed by atoms with Crippen LogP contribution in [0.15, 0.2) is 59.5 Å². The molecule has 28 heavy (non-hydrogen) atoms. The van der Waals surface area contributed by atoms with E-state index in [1.165, 1.54) is 5.56 Å². The zero-order chi connectivity index (χ0) is 19.3. The van der Waals surface area contributed by atoms with Crippen LogP contribution in [0.3, 0.4) is 0 Å². The number of hydrogen-bond acceptors (Lipinski definition) is 5. The van der Waals surface area contributed by atoms with E-state index in [-0.39, 0.29) is 5.56 Å². The summed E-state index contributed by atoms with van der Waals surface area (Å²) in [6.45, 7) is 8.35. The van der Waals surface area contributed by atoms with Crippen molar-refractivity contribution < 1.29 is 4.74 Å². The minimum atomic E-state index is -0.0188. The molecule has 0 radical (unpaired) electrons. The van der Waals surface area contributed by atoms with Crippen molar-refractivity contribution in [3.05, 3.63) is 76.3 Å². The SMILES string of the molecule is CCOc1ccc(CN2CCN(Cc3cc(=O)n4ccccc4n3)CC2)cc1. The van der Waals surface area contributed by atoms with Crippen LogP contribution in [-0.4, -0.2) is 52.0 Å². The van der Waals surface area contributed by atoms with Crippen LogP contribution in [0.4, 0.5) is 0 Å². The molecule has 0 unspecified atom stereocenters. The number of pyridine rings is 1. The summed E-state index contributed by atoms with van der Waals surface area (Å²) in [5, 5.41) is 0. The van der Waals surface area contributed by atoms with Crippen LogP contribution >= 0.6 is 0 Å². The molecule has 3 heterocycles. The Hall–Kier alpha value is -2.70. The summed E-state index contributed by atoms with van der Waals surface area (Å²) in [4.78, 5) is 21.7. The van der Waals surface area contributed by atoms with Crippen molar-refractivity contribution in [1.29, 1.82) is 0 Å². The molecule has 1 aliphatic heterocycles. The van der Waals surface area contributed by atoms with Gasteiger partial charge in [0.25, 0.3) is 5.56 Å². The van der Waals surface area contributed by atoms with Crippen molar-refractivity contribution in [1.82, 2.24) is 19.2 Å². The fourth-order valence-electron chi connectivity index (χ4n) is 3.63. The van der Waals surface area contributed by atoms with E-state index >= 15 is 0 Å². The van der Waals surface area contributed by atoms with E-state index in [0.29, 0.717) is 12.3 Å². The van der Waals surface area contributed by atoms with Gasteiger partial charge in [-0.25, -0.2) is 4.98 Å². The molecule has 3 aromatic rings. The van der Waals surface area contributed by atoms with E-state index < -0.39 is 0 Å². The molecular formula is C22H26N4O2. The molecule has 6 nitrogen and oxygen atoms in total. The molecule has 0 aliphatic carbocycles. The molecule has 0 bridgehead atoms. The number of aromatic nitrogens is 2. The Labute approximate surface area is 165 Å². The molecule has 146 valence electrons. The summed E-state index contributed by atoms with van der Waals surface area (Å²) in [5.74, 6) is 0.926. The topological polar surface area (TPSA) is 50.1 Å². The normalized spacial score (nSPS) is 15.8. The molecule has 4 rings (SSSR count). The zero-order valence-electron chi connectivity index (χ0n) is 16.3. The molecule has 6 heteroatoms. The fourth-order valence-corrected chi connectivity index (χ4v) is 3.63. The van der Waals surface area contributed by atoms with Gasteiger partial charge in [0.2, 0.25) is 0 Å². The van der Waals surface area contributed by atoms with Gasteiger partial charge in [-0.1, -0.05) is 18.2 Å². The summed E-state index contributed by atoms with van der Waals surface area (Å²) >= 11 is 0. The average molecular weight is 378 g/mol. The van der Waals surface area contributed by atoms with Crippen molar-refractivity contribution in [3.8, 4) is 5.75 Å². The molecule has 1 saturated heterocycles.